The van der Waals surface area contributed by atoms with Gasteiger partial charge in [-0.3, -0.25) is 0 Å². The molecule has 1 saturated heterocycles. The second-order valence-electron chi connectivity index (χ2n) is 4.67. The van der Waals surface area contributed by atoms with Gasteiger partial charge < -0.3 is 10.1 Å². The Kier molecular flexibility index (Phi) is 5.08. The van der Waals surface area contributed by atoms with Gasteiger partial charge >= 0.3 is 0 Å². The highest BCUT2D eigenvalue weighted by atomic mass is 19.2. The zero-order valence-corrected chi connectivity index (χ0v) is 10.4. The second kappa shape index (κ2) is 6.81. The van der Waals surface area contributed by atoms with E-state index < -0.39 is 11.6 Å². The van der Waals surface area contributed by atoms with Crippen LogP contribution in [0, 0.1) is 11.6 Å². The van der Waals surface area contributed by atoms with E-state index in [4.69, 9.17) is 4.74 Å². The van der Waals surface area contributed by atoms with Crippen molar-refractivity contribution >= 4 is 0 Å². The first-order valence-electron chi connectivity index (χ1n) is 6.52. The summed E-state index contributed by atoms with van der Waals surface area (Å²) >= 11 is 0. The van der Waals surface area contributed by atoms with E-state index in [0.717, 1.165) is 38.5 Å². The predicted molar refractivity (Wildman–Crippen MR) is 66.3 cm³/mol. The molecule has 1 N–H and O–H groups in total. The van der Waals surface area contributed by atoms with Crippen LogP contribution in [0.15, 0.2) is 18.2 Å². The van der Waals surface area contributed by atoms with Crippen LogP contribution in [0.5, 0.6) is 0 Å². The number of halogens is 2. The Hall–Kier alpha value is -1.00. The largest absolute Gasteiger partial charge is 0.378 e. The monoisotopic (exact) mass is 255 g/mol. The number of benzene rings is 1. The minimum absolute atomic E-state index is 0.323. The number of hydrogen-bond acceptors (Lipinski definition) is 2. The first-order chi connectivity index (χ1) is 8.77. The van der Waals surface area contributed by atoms with Crippen LogP contribution in [-0.2, 0) is 11.3 Å². The van der Waals surface area contributed by atoms with Crippen LogP contribution in [0.4, 0.5) is 8.78 Å². The van der Waals surface area contributed by atoms with Crippen molar-refractivity contribution < 1.29 is 13.5 Å². The van der Waals surface area contributed by atoms with Crippen molar-refractivity contribution in [2.45, 2.75) is 38.3 Å². The van der Waals surface area contributed by atoms with Crippen molar-refractivity contribution in [3.05, 3.63) is 35.4 Å². The van der Waals surface area contributed by atoms with Gasteiger partial charge in [0.25, 0.3) is 0 Å². The molecule has 1 aromatic carbocycles. The summed E-state index contributed by atoms with van der Waals surface area (Å²) in [4.78, 5) is 0. The second-order valence-corrected chi connectivity index (χ2v) is 4.67. The third-order valence-corrected chi connectivity index (χ3v) is 3.26. The molecule has 1 atom stereocenters. The molecule has 1 unspecified atom stereocenters. The van der Waals surface area contributed by atoms with Crippen molar-refractivity contribution in [3.63, 3.8) is 0 Å². The first-order valence-corrected chi connectivity index (χ1v) is 6.52. The van der Waals surface area contributed by atoms with Crippen LogP contribution in [0.2, 0.25) is 0 Å². The fraction of sp³-hybridized carbons (Fsp3) is 0.571. The van der Waals surface area contributed by atoms with Gasteiger partial charge in [0.15, 0.2) is 11.6 Å². The van der Waals surface area contributed by atoms with Gasteiger partial charge in [-0.2, -0.15) is 0 Å². The molecule has 0 bridgehead atoms. The van der Waals surface area contributed by atoms with Gasteiger partial charge in [0.05, 0.1) is 6.10 Å². The van der Waals surface area contributed by atoms with Crippen molar-refractivity contribution in [1.29, 1.82) is 0 Å². The van der Waals surface area contributed by atoms with Crippen molar-refractivity contribution in [3.8, 4) is 0 Å². The van der Waals surface area contributed by atoms with E-state index in [1.165, 1.54) is 12.5 Å². The fourth-order valence-corrected chi connectivity index (χ4v) is 2.21. The summed E-state index contributed by atoms with van der Waals surface area (Å²) in [5, 5.41) is 3.13. The lowest BCUT2D eigenvalue weighted by Crippen LogP contribution is -2.25. The summed E-state index contributed by atoms with van der Waals surface area (Å²) in [7, 11) is 0. The zero-order valence-electron chi connectivity index (χ0n) is 10.4. The van der Waals surface area contributed by atoms with Crippen LogP contribution < -0.4 is 5.32 Å². The number of rotatable bonds is 5. The summed E-state index contributed by atoms with van der Waals surface area (Å²) < 4.78 is 31.9. The predicted octanol–water partition coefficient (Wildman–Crippen LogP) is 3.01. The lowest BCUT2D eigenvalue weighted by Gasteiger charge is -2.22. The molecule has 0 amide bonds. The Morgan fingerprint density at radius 1 is 1.28 bits per heavy atom. The third kappa shape index (κ3) is 3.75. The normalized spacial score (nSPS) is 20.0. The highest BCUT2D eigenvalue weighted by Crippen LogP contribution is 2.15. The minimum atomic E-state index is -0.787. The van der Waals surface area contributed by atoms with Crippen molar-refractivity contribution in [1.82, 2.24) is 5.32 Å². The van der Waals surface area contributed by atoms with Crippen LogP contribution in [0.25, 0.3) is 0 Å². The minimum Gasteiger partial charge on any atom is -0.378 e. The maximum atomic E-state index is 13.3. The van der Waals surface area contributed by atoms with Crippen molar-refractivity contribution in [2.75, 3.05) is 13.2 Å². The molecule has 1 aromatic rings. The van der Waals surface area contributed by atoms with Crippen LogP contribution in [-0.4, -0.2) is 19.3 Å². The van der Waals surface area contributed by atoms with Gasteiger partial charge in [0, 0.05) is 18.7 Å². The van der Waals surface area contributed by atoms with Gasteiger partial charge in [0.2, 0.25) is 0 Å². The SMILES string of the molecule is Fc1cccc(CNCCC2CCCCO2)c1F. The average molecular weight is 255 g/mol. The van der Waals surface area contributed by atoms with Gasteiger partial charge in [0.1, 0.15) is 0 Å². The van der Waals surface area contributed by atoms with E-state index in [1.807, 2.05) is 0 Å². The molecule has 0 radical (unpaired) electrons. The smallest absolute Gasteiger partial charge is 0.163 e. The number of nitrogens with one attached hydrogen (secondary N) is 1. The van der Waals surface area contributed by atoms with E-state index in [1.54, 1.807) is 6.07 Å². The molecule has 1 aliphatic heterocycles. The molecule has 4 heteroatoms. The summed E-state index contributed by atoms with van der Waals surface area (Å²) in [6, 6.07) is 4.26. The van der Waals surface area contributed by atoms with Gasteiger partial charge in [-0.1, -0.05) is 12.1 Å². The zero-order chi connectivity index (χ0) is 12.8. The lowest BCUT2D eigenvalue weighted by molar-refractivity contribution is 0.0115. The molecule has 2 rings (SSSR count). The van der Waals surface area contributed by atoms with Crippen LogP contribution >= 0.6 is 0 Å². The molecular formula is C14H19F2NO. The Morgan fingerprint density at radius 3 is 2.94 bits per heavy atom. The standard InChI is InChI=1S/C14H19F2NO/c15-13-6-3-4-11(14(13)16)10-17-8-7-12-5-1-2-9-18-12/h3-4,6,12,17H,1-2,5,7-10H2. The Bertz CT molecular complexity index is 378. The van der Waals surface area contributed by atoms with E-state index in [2.05, 4.69) is 5.32 Å². The fourth-order valence-electron chi connectivity index (χ4n) is 2.21. The molecule has 0 saturated carbocycles. The van der Waals surface area contributed by atoms with Gasteiger partial charge in [-0.15, -0.1) is 0 Å². The quantitative estimate of drug-likeness (QED) is 0.817. The molecule has 2 nitrogen and oxygen atoms in total. The molecule has 18 heavy (non-hydrogen) atoms. The highest BCUT2D eigenvalue weighted by molar-refractivity contribution is 5.18. The number of ether oxygens (including phenoxy) is 1. The first kappa shape index (κ1) is 13.4. The average Bonchev–Trinajstić information content (AvgIpc) is 2.40. The topological polar surface area (TPSA) is 21.3 Å². The Morgan fingerprint density at radius 2 is 2.17 bits per heavy atom. The summed E-state index contributed by atoms with van der Waals surface area (Å²) in [5.74, 6) is -1.54. The van der Waals surface area contributed by atoms with E-state index in [9.17, 15) is 8.78 Å². The molecular weight excluding hydrogens is 236 g/mol. The van der Waals surface area contributed by atoms with E-state index in [0.29, 0.717) is 18.2 Å². The molecule has 0 aromatic heterocycles. The summed E-state index contributed by atoms with van der Waals surface area (Å²) in [6.45, 7) is 1.97. The molecule has 1 heterocycles. The van der Waals surface area contributed by atoms with Gasteiger partial charge in [-0.25, -0.2) is 8.78 Å². The van der Waals surface area contributed by atoms with Gasteiger partial charge in [-0.05, 0) is 38.3 Å². The molecule has 1 fully saturated rings. The van der Waals surface area contributed by atoms with Crippen molar-refractivity contribution in [2.24, 2.45) is 0 Å². The Labute approximate surface area is 106 Å². The molecule has 100 valence electrons. The summed E-state index contributed by atoms with van der Waals surface area (Å²) in [5.41, 5.74) is 0.375. The molecule has 0 spiro atoms. The van der Waals surface area contributed by atoms with Crippen LogP contribution in [0.1, 0.15) is 31.2 Å². The maximum absolute atomic E-state index is 13.3. The highest BCUT2D eigenvalue weighted by Gasteiger charge is 2.13. The molecule has 0 aliphatic carbocycles. The maximum Gasteiger partial charge on any atom is 0.163 e. The van der Waals surface area contributed by atoms with E-state index in [-0.39, 0.29) is 0 Å². The summed E-state index contributed by atoms with van der Waals surface area (Å²) in [6.07, 6.45) is 4.73. The number of hydrogen-bond donors (Lipinski definition) is 1. The third-order valence-electron chi connectivity index (χ3n) is 3.26. The Balaban J connectivity index is 1.70. The van der Waals surface area contributed by atoms with E-state index >= 15 is 0 Å². The van der Waals surface area contributed by atoms with Crippen LogP contribution in [0.3, 0.4) is 0 Å². The molecule has 1 aliphatic rings. The lowest BCUT2D eigenvalue weighted by atomic mass is 10.1.